The molecule has 0 N–H and O–H groups in total. The van der Waals surface area contributed by atoms with Crippen LogP contribution in [0.5, 0.6) is 5.75 Å². The van der Waals surface area contributed by atoms with E-state index in [1.54, 1.807) is 18.2 Å². The highest BCUT2D eigenvalue weighted by Crippen LogP contribution is 2.28. The molecular formula is C18H24BrNO4. The summed E-state index contributed by atoms with van der Waals surface area (Å²) in [5.74, 6) is 0.843. The van der Waals surface area contributed by atoms with Crippen molar-refractivity contribution >= 4 is 27.8 Å². The van der Waals surface area contributed by atoms with Gasteiger partial charge in [0.25, 0.3) is 5.91 Å². The Morgan fingerprint density at radius 1 is 1.25 bits per heavy atom. The van der Waals surface area contributed by atoms with Gasteiger partial charge in [0.05, 0.1) is 17.1 Å². The zero-order chi connectivity index (χ0) is 17.7. The minimum absolute atomic E-state index is 0.0152. The number of hydrogen-bond donors (Lipinski definition) is 0. The Labute approximate surface area is 151 Å². The summed E-state index contributed by atoms with van der Waals surface area (Å²) < 4.78 is 10.9. The van der Waals surface area contributed by atoms with Crippen LogP contribution < -0.4 is 4.74 Å². The molecule has 1 amide bonds. The van der Waals surface area contributed by atoms with Crippen molar-refractivity contribution in [2.24, 2.45) is 5.92 Å². The van der Waals surface area contributed by atoms with Gasteiger partial charge < -0.3 is 14.4 Å². The molecule has 0 spiro atoms. The molecule has 132 valence electrons. The number of likely N-dealkylation sites (N-methyl/N-ethyl adjacent to an activating group) is 1. The van der Waals surface area contributed by atoms with Gasteiger partial charge in [-0.15, -0.1) is 0 Å². The third-order valence-electron chi connectivity index (χ3n) is 4.63. The molecule has 24 heavy (non-hydrogen) atoms. The van der Waals surface area contributed by atoms with E-state index >= 15 is 0 Å². The summed E-state index contributed by atoms with van der Waals surface area (Å²) in [5.41, 5.74) is 0.427. The highest BCUT2D eigenvalue weighted by Gasteiger charge is 2.25. The number of halogens is 1. The molecule has 0 bridgehead atoms. The zero-order valence-corrected chi connectivity index (χ0v) is 16.0. The summed E-state index contributed by atoms with van der Waals surface area (Å²) >= 11 is 3.36. The first-order valence-corrected chi connectivity index (χ1v) is 8.98. The fraction of sp³-hybridized carbons (Fsp3) is 0.556. The van der Waals surface area contributed by atoms with E-state index in [4.69, 9.17) is 4.74 Å². The van der Waals surface area contributed by atoms with Gasteiger partial charge in [-0.3, -0.25) is 4.79 Å². The van der Waals surface area contributed by atoms with E-state index in [9.17, 15) is 9.59 Å². The van der Waals surface area contributed by atoms with Gasteiger partial charge in [0.1, 0.15) is 5.75 Å². The first-order chi connectivity index (χ1) is 11.4. The van der Waals surface area contributed by atoms with Crippen molar-refractivity contribution in [2.45, 2.75) is 38.6 Å². The quantitative estimate of drug-likeness (QED) is 0.711. The summed E-state index contributed by atoms with van der Waals surface area (Å²) in [7, 11) is 3.18. The highest BCUT2D eigenvalue weighted by molar-refractivity contribution is 9.10. The number of methoxy groups -OCH3 is 1. The third-order valence-corrected chi connectivity index (χ3v) is 5.25. The van der Waals surface area contributed by atoms with E-state index in [1.807, 2.05) is 11.9 Å². The molecule has 0 saturated heterocycles. The zero-order valence-electron chi connectivity index (χ0n) is 14.4. The van der Waals surface area contributed by atoms with Crippen LogP contribution in [0.2, 0.25) is 0 Å². The van der Waals surface area contributed by atoms with Crippen molar-refractivity contribution < 1.29 is 19.1 Å². The normalized spacial score (nSPS) is 20.3. The summed E-state index contributed by atoms with van der Waals surface area (Å²) in [4.78, 5) is 25.6. The van der Waals surface area contributed by atoms with E-state index in [0.717, 1.165) is 18.8 Å². The number of hydrogen-bond acceptors (Lipinski definition) is 4. The molecule has 0 unspecified atom stereocenters. The maximum Gasteiger partial charge on any atom is 0.337 e. The average molecular weight is 398 g/mol. The molecule has 1 aromatic rings. The van der Waals surface area contributed by atoms with Crippen LogP contribution in [0.25, 0.3) is 0 Å². The van der Waals surface area contributed by atoms with Crippen molar-refractivity contribution in [3.05, 3.63) is 28.2 Å². The van der Waals surface area contributed by atoms with Crippen molar-refractivity contribution in [2.75, 3.05) is 20.8 Å². The van der Waals surface area contributed by atoms with Crippen LogP contribution in [0, 0.1) is 5.92 Å². The first kappa shape index (κ1) is 18.8. The van der Waals surface area contributed by atoms with Crippen LogP contribution in [0.3, 0.4) is 0 Å². The molecule has 1 aromatic carbocycles. The summed E-state index contributed by atoms with van der Waals surface area (Å²) in [5, 5.41) is 0. The fourth-order valence-electron chi connectivity index (χ4n) is 2.94. The monoisotopic (exact) mass is 397 g/mol. The first-order valence-electron chi connectivity index (χ1n) is 8.18. The minimum Gasteiger partial charge on any atom is -0.483 e. The van der Waals surface area contributed by atoms with Gasteiger partial charge in [0.15, 0.2) is 6.61 Å². The Bertz CT molecular complexity index is 597. The van der Waals surface area contributed by atoms with Crippen molar-refractivity contribution in [3.8, 4) is 5.75 Å². The van der Waals surface area contributed by atoms with Gasteiger partial charge in [0, 0.05) is 13.1 Å². The topological polar surface area (TPSA) is 55.8 Å². The highest BCUT2D eigenvalue weighted by atomic mass is 79.9. The molecule has 1 aliphatic carbocycles. The Hall–Kier alpha value is -1.56. The number of nitrogens with zero attached hydrogens (tertiary/aromatic N) is 1. The number of carbonyl (C=O) groups excluding carboxylic acids is 2. The second-order valence-corrected chi connectivity index (χ2v) is 7.20. The van der Waals surface area contributed by atoms with E-state index in [1.165, 1.54) is 20.0 Å². The summed E-state index contributed by atoms with van der Waals surface area (Å²) in [6.45, 7) is 2.25. The molecule has 2 rings (SSSR count). The lowest BCUT2D eigenvalue weighted by Gasteiger charge is -2.33. The Kier molecular flexibility index (Phi) is 6.66. The van der Waals surface area contributed by atoms with Crippen molar-refractivity contribution in [1.29, 1.82) is 0 Å². The predicted octanol–water partition coefficient (Wildman–Crippen LogP) is 3.65. The van der Waals surface area contributed by atoms with Crippen molar-refractivity contribution in [1.82, 2.24) is 4.90 Å². The lowest BCUT2D eigenvalue weighted by Crippen LogP contribution is -2.41. The Morgan fingerprint density at radius 2 is 1.92 bits per heavy atom. The predicted molar refractivity (Wildman–Crippen MR) is 95.2 cm³/mol. The Balaban J connectivity index is 1.90. The molecule has 0 aliphatic heterocycles. The summed E-state index contributed by atoms with van der Waals surface area (Å²) in [6.07, 6.45) is 4.45. The van der Waals surface area contributed by atoms with Crippen LogP contribution in [0.4, 0.5) is 0 Å². The largest absolute Gasteiger partial charge is 0.483 e. The van der Waals surface area contributed by atoms with Gasteiger partial charge in [-0.25, -0.2) is 4.79 Å². The molecule has 5 nitrogen and oxygen atoms in total. The standard InChI is InChI=1S/C18H24BrNO4/c1-12-4-7-14(8-5-12)20(2)17(21)11-24-16-9-6-13(10-15(16)19)18(22)23-3/h6,9-10,12,14H,4-5,7-8,11H2,1-3H3. The number of rotatable bonds is 5. The maximum absolute atomic E-state index is 12.3. The molecule has 0 atom stereocenters. The number of amides is 1. The van der Waals surface area contributed by atoms with Crippen LogP contribution >= 0.6 is 15.9 Å². The molecule has 0 aromatic heterocycles. The molecule has 6 heteroatoms. The van der Waals surface area contributed by atoms with E-state index in [0.29, 0.717) is 21.8 Å². The molecule has 1 fully saturated rings. The minimum atomic E-state index is -0.412. The van der Waals surface area contributed by atoms with E-state index in [2.05, 4.69) is 27.6 Å². The Morgan fingerprint density at radius 3 is 2.50 bits per heavy atom. The van der Waals surface area contributed by atoms with Crippen LogP contribution in [0.1, 0.15) is 43.0 Å². The van der Waals surface area contributed by atoms with Crippen LogP contribution in [0.15, 0.2) is 22.7 Å². The average Bonchev–Trinajstić information content (AvgIpc) is 2.59. The maximum atomic E-state index is 12.3. The number of ether oxygens (including phenoxy) is 2. The molecule has 1 saturated carbocycles. The van der Waals surface area contributed by atoms with E-state index in [-0.39, 0.29) is 12.5 Å². The molecule has 0 heterocycles. The lowest BCUT2D eigenvalue weighted by molar-refractivity contribution is -0.134. The van der Waals surface area contributed by atoms with Crippen molar-refractivity contribution in [3.63, 3.8) is 0 Å². The summed E-state index contributed by atoms with van der Waals surface area (Å²) in [6, 6.07) is 5.20. The molecular weight excluding hydrogens is 374 g/mol. The van der Waals surface area contributed by atoms with Crippen LogP contribution in [-0.2, 0) is 9.53 Å². The van der Waals surface area contributed by atoms with E-state index < -0.39 is 5.97 Å². The molecule has 1 aliphatic rings. The number of esters is 1. The third kappa shape index (κ3) is 4.72. The lowest BCUT2D eigenvalue weighted by atomic mass is 9.87. The second-order valence-electron chi connectivity index (χ2n) is 6.34. The van der Waals surface area contributed by atoms with Gasteiger partial charge in [-0.1, -0.05) is 6.92 Å². The van der Waals surface area contributed by atoms with Gasteiger partial charge in [-0.05, 0) is 65.7 Å². The SMILES string of the molecule is COC(=O)c1ccc(OCC(=O)N(C)C2CCC(C)CC2)c(Br)c1. The second kappa shape index (κ2) is 8.51. The fourth-order valence-corrected chi connectivity index (χ4v) is 3.43. The number of benzene rings is 1. The molecule has 0 radical (unpaired) electrons. The smallest absolute Gasteiger partial charge is 0.337 e. The van der Waals surface area contributed by atoms with Crippen LogP contribution in [-0.4, -0.2) is 43.6 Å². The van der Waals surface area contributed by atoms with Gasteiger partial charge >= 0.3 is 5.97 Å². The number of carbonyl (C=O) groups is 2. The van der Waals surface area contributed by atoms with Gasteiger partial charge in [0.2, 0.25) is 0 Å². The van der Waals surface area contributed by atoms with Gasteiger partial charge in [-0.2, -0.15) is 0 Å².